The monoisotopic (exact) mass is 437 g/mol. The molecule has 0 unspecified atom stereocenters. The van der Waals surface area contributed by atoms with Gasteiger partial charge in [0.05, 0.1) is 34.3 Å². The molecule has 0 amide bonds. The minimum atomic E-state index is -0.315. The van der Waals surface area contributed by atoms with Crippen LogP contribution in [0, 0.1) is 22.7 Å². The molecule has 0 saturated heterocycles. The predicted octanol–water partition coefficient (Wildman–Crippen LogP) is 5.63. The summed E-state index contributed by atoms with van der Waals surface area (Å²) in [7, 11) is 0. The van der Waals surface area contributed by atoms with E-state index in [0.717, 1.165) is 21.9 Å². The third-order valence-electron chi connectivity index (χ3n) is 6.08. The van der Waals surface area contributed by atoms with Gasteiger partial charge in [0.2, 0.25) is 0 Å². The van der Waals surface area contributed by atoms with Crippen molar-refractivity contribution in [3.63, 3.8) is 0 Å². The molecule has 0 fully saturated rings. The highest BCUT2D eigenvalue weighted by atomic mass is 16.1. The third kappa shape index (κ3) is 2.95. The summed E-state index contributed by atoms with van der Waals surface area (Å²) in [6.45, 7) is 0. The molecule has 0 aliphatic heterocycles. The molecule has 0 aliphatic carbocycles. The first-order valence-corrected chi connectivity index (χ1v) is 10.6. The average molecular weight is 437 g/mol. The van der Waals surface area contributed by atoms with E-state index < -0.39 is 0 Å². The molecule has 0 radical (unpaired) electrons. The Morgan fingerprint density at radius 2 is 1.44 bits per heavy atom. The summed E-state index contributed by atoms with van der Waals surface area (Å²) in [6.07, 6.45) is 0. The number of benzene rings is 4. The number of nitriles is 2. The second-order valence-electron chi connectivity index (χ2n) is 8.04. The summed E-state index contributed by atoms with van der Waals surface area (Å²) in [5.41, 5.74) is 4.20. The van der Waals surface area contributed by atoms with E-state index in [1.165, 1.54) is 5.39 Å². The van der Waals surface area contributed by atoms with Gasteiger partial charge in [0.15, 0.2) is 0 Å². The number of aromatic nitrogens is 3. The second kappa shape index (κ2) is 7.44. The number of pyridine rings is 1. The molecule has 0 spiro atoms. The minimum Gasteiger partial charge on any atom is -0.333 e. The van der Waals surface area contributed by atoms with E-state index in [9.17, 15) is 15.3 Å². The Morgan fingerprint density at radius 1 is 0.735 bits per heavy atom. The molecule has 2 N–H and O–H groups in total. The van der Waals surface area contributed by atoms with Gasteiger partial charge in [0, 0.05) is 5.39 Å². The Labute approximate surface area is 193 Å². The van der Waals surface area contributed by atoms with Gasteiger partial charge in [-0.25, -0.2) is 4.98 Å². The molecule has 6 nitrogen and oxygen atoms in total. The van der Waals surface area contributed by atoms with Crippen LogP contribution in [0.4, 0.5) is 0 Å². The highest BCUT2D eigenvalue weighted by molar-refractivity contribution is 6.04. The van der Waals surface area contributed by atoms with Crippen molar-refractivity contribution in [3.05, 3.63) is 100 Å². The molecular formula is C28H15N5O. The molecule has 2 aromatic heterocycles. The summed E-state index contributed by atoms with van der Waals surface area (Å²) in [4.78, 5) is 23.5. The zero-order valence-electron chi connectivity index (χ0n) is 17.8. The zero-order valence-corrected chi connectivity index (χ0v) is 17.8. The fraction of sp³-hybridized carbons (Fsp3) is 0. The van der Waals surface area contributed by atoms with Gasteiger partial charge in [-0.1, -0.05) is 54.6 Å². The second-order valence-corrected chi connectivity index (χ2v) is 8.04. The minimum absolute atomic E-state index is 0.303. The van der Waals surface area contributed by atoms with Crippen molar-refractivity contribution >= 4 is 32.7 Å². The number of hydrogen-bond acceptors (Lipinski definition) is 4. The standard InChI is InChI=1S/C28H15N5O/c29-14-20-6-3-7-21(15-30)24(20)27-32-25-22-11-10-19(13-23(22)31-28(34)26(25)33-27)18-9-8-16-4-1-2-5-17(16)12-18/h1-13H,(H,31,34)(H,32,33). The lowest BCUT2D eigenvalue weighted by atomic mass is 10.00. The van der Waals surface area contributed by atoms with E-state index in [1.54, 1.807) is 18.2 Å². The number of nitrogens with zero attached hydrogens (tertiary/aromatic N) is 3. The Morgan fingerprint density at radius 3 is 2.21 bits per heavy atom. The normalized spacial score (nSPS) is 11.0. The fourth-order valence-electron chi connectivity index (χ4n) is 4.43. The summed E-state index contributed by atoms with van der Waals surface area (Å²) in [5.74, 6) is 0.320. The van der Waals surface area contributed by atoms with Gasteiger partial charge in [-0.05, 0) is 46.2 Å². The molecule has 6 aromatic rings. The van der Waals surface area contributed by atoms with Gasteiger partial charge in [0.25, 0.3) is 5.56 Å². The van der Waals surface area contributed by atoms with Gasteiger partial charge in [-0.2, -0.15) is 10.5 Å². The lowest BCUT2D eigenvalue weighted by Crippen LogP contribution is -2.06. The largest absolute Gasteiger partial charge is 0.333 e. The van der Waals surface area contributed by atoms with Crippen LogP contribution in [-0.2, 0) is 0 Å². The number of hydrogen-bond donors (Lipinski definition) is 2. The molecule has 2 heterocycles. The van der Waals surface area contributed by atoms with E-state index in [-0.39, 0.29) is 5.56 Å². The topological polar surface area (TPSA) is 109 Å². The van der Waals surface area contributed by atoms with Crippen molar-refractivity contribution in [1.29, 1.82) is 10.5 Å². The Balaban J connectivity index is 1.56. The van der Waals surface area contributed by atoms with E-state index >= 15 is 0 Å². The maximum atomic E-state index is 12.9. The summed E-state index contributed by atoms with van der Waals surface area (Å²) < 4.78 is 0. The molecule has 0 atom stereocenters. The van der Waals surface area contributed by atoms with E-state index in [0.29, 0.717) is 39.1 Å². The lowest BCUT2D eigenvalue weighted by Gasteiger charge is -2.06. The third-order valence-corrected chi connectivity index (χ3v) is 6.08. The average Bonchev–Trinajstić information content (AvgIpc) is 3.33. The van der Waals surface area contributed by atoms with Crippen LogP contribution in [0.25, 0.3) is 55.2 Å². The van der Waals surface area contributed by atoms with Crippen LogP contribution < -0.4 is 5.56 Å². The van der Waals surface area contributed by atoms with Gasteiger partial charge < -0.3 is 9.97 Å². The SMILES string of the molecule is N#Cc1cccc(C#N)c1-c1nc2c([nH]1)c(=O)[nH]c1cc(-c3ccc4ccccc4c3)ccc12. The number of rotatable bonds is 2. The van der Waals surface area contributed by atoms with E-state index in [2.05, 4.69) is 57.4 Å². The molecule has 34 heavy (non-hydrogen) atoms. The smallest absolute Gasteiger partial charge is 0.274 e. The van der Waals surface area contributed by atoms with Gasteiger partial charge in [0.1, 0.15) is 16.9 Å². The lowest BCUT2D eigenvalue weighted by molar-refractivity contribution is 1.29. The Hall–Kier alpha value is -5.20. The van der Waals surface area contributed by atoms with Crippen LogP contribution in [-0.4, -0.2) is 15.0 Å². The highest BCUT2D eigenvalue weighted by Gasteiger charge is 2.18. The maximum Gasteiger partial charge on any atom is 0.274 e. The van der Waals surface area contributed by atoms with Crippen LogP contribution in [0.3, 0.4) is 0 Å². The molecule has 0 saturated carbocycles. The quantitative estimate of drug-likeness (QED) is 0.365. The molecular weight excluding hydrogens is 422 g/mol. The molecule has 6 heteroatoms. The summed E-state index contributed by atoms with van der Waals surface area (Å²) >= 11 is 0. The van der Waals surface area contributed by atoms with Gasteiger partial charge in [-0.15, -0.1) is 0 Å². The van der Waals surface area contributed by atoms with Crippen LogP contribution in [0.1, 0.15) is 11.1 Å². The van der Waals surface area contributed by atoms with Crippen molar-refractivity contribution < 1.29 is 0 Å². The van der Waals surface area contributed by atoms with Crippen LogP contribution in [0.2, 0.25) is 0 Å². The van der Waals surface area contributed by atoms with Crippen LogP contribution in [0.15, 0.2) is 83.7 Å². The number of fused-ring (bicyclic) bond motifs is 4. The van der Waals surface area contributed by atoms with E-state index in [1.807, 2.05) is 30.3 Å². The fourth-order valence-corrected chi connectivity index (χ4v) is 4.43. The molecule has 0 bridgehead atoms. The first-order valence-electron chi connectivity index (χ1n) is 10.6. The maximum absolute atomic E-state index is 12.9. The van der Waals surface area contributed by atoms with Crippen molar-refractivity contribution in [1.82, 2.24) is 15.0 Å². The molecule has 6 rings (SSSR count). The first kappa shape index (κ1) is 19.5. The van der Waals surface area contributed by atoms with Crippen molar-refractivity contribution in [2.24, 2.45) is 0 Å². The Kier molecular flexibility index (Phi) is 4.26. The van der Waals surface area contributed by atoms with Crippen LogP contribution >= 0.6 is 0 Å². The van der Waals surface area contributed by atoms with E-state index in [4.69, 9.17) is 0 Å². The molecule has 4 aromatic carbocycles. The van der Waals surface area contributed by atoms with Crippen molar-refractivity contribution in [2.75, 3.05) is 0 Å². The number of aromatic amines is 2. The molecule has 0 aliphatic rings. The van der Waals surface area contributed by atoms with Crippen LogP contribution in [0.5, 0.6) is 0 Å². The highest BCUT2D eigenvalue weighted by Crippen LogP contribution is 2.31. The Bertz CT molecular complexity index is 1880. The predicted molar refractivity (Wildman–Crippen MR) is 132 cm³/mol. The number of nitrogens with one attached hydrogen (secondary N) is 2. The van der Waals surface area contributed by atoms with Gasteiger partial charge in [-0.3, -0.25) is 4.79 Å². The van der Waals surface area contributed by atoms with Crippen molar-refractivity contribution in [3.8, 4) is 34.7 Å². The van der Waals surface area contributed by atoms with Crippen molar-refractivity contribution in [2.45, 2.75) is 0 Å². The number of imidazole rings is 1. The number of H-pyrrole nitrogens is 2. The molecule has 158 valence electrons. The first-order chi connectivity index (χ1) is 16.7. The zero-order chi connectivity index (χ0) is 23.2. The van der Waals surface area contributed by atoms with Gasteiger partial charge >= 0.3 is 0 Å². The summed E-state index contributed by atoms with van der Waals surface area (Å²) in [6, 6.07) is 29.4. The summed E-state index contributed by atoms with van der Waals surface area (Å²) in [5, 5.41) is 22.2.